The van der Waals surface area contributed by atoms with E-state index in [-0.39, 0.29) is 11.6 Å². The predicted octanol–water partition coefficient (Wildman–Crippen LogP) is 2.80. The number of carbonyl (C=O) groups is 1. The largest absolute Gasteiger partial charge is 0.478 e. The van der Waals surface area contributed by atoms with Gasteiger partial charge < -0.3 is 15.3 Å². The van der Waals surface area contributed by atoms with Crippen molar-refractivity contribution in [2.45, 2.75) is 39.3 Å². The number of carboxylic acids is 1. The molecule has 0 unspecified atom stereocenters. The summed E-state index contributed by atoms with van der Waals surface area (Å²) in [6.07, 6.45) is 0. The SMILES string of the molecule is CC(C)N1CC(C)(C)Nc2cccc(C(=O)O)c21. The highest BCUT2D eigenvalue weighted by atomic mass is 16.4. The van der Waals surface area contributed by atoms with Crippen LogP contribution in [0.15, 0.2) is 18.2 Å². The molecule has 0 aliphatic carbocycles. The number of aromatic carboxylic acids is 1. The fourth-order valence-corrected chi connectivity index (χ4v) is 2.48. The quantitative estimate of drug-likeness (QED) is 0.845. The van der Waals surface area contributed by atoms with Gasteiger partial charge in [-0.3, -0.25) is 0 Å². The Kier molecular flexibility index (Phi) is 2.97. The monoisotopic (exact) mass is 248 g/mol. The molecule has 18 heavy (non-hydrogen) atoms. The van der Waals surface area contributed by atoms with Gasteiger partial charge in [-0.15, -0.1) is 0 Å². The maximum atomic E-state index is 11.3. The lowest BCUT2D eigenvalue weighted by molar-refractivity contribution is 0.0697. The van der Waals surface area contributed by atoms with Crippen LogP contribution in [0.3, 0.4) is 0 Å². The van der Waals surface area contributed by atoms with Crippen LogP contribution in [-0.2, 0) is 0 Å². The van der Waals surface area contributed by atoms with Gasteiger partial charge in [-0.25, -0.2) is 4.79 Å². The molecule has 0 amide bonds. The molecule has 0 saturated heterocycles. The Bertz CT molecular complexity index is 481. The van der Waals surface area contributed by atoms with Crippen LogP contribution in [0.5, 0.6) is 0 Å². The molecule has 0 saturated carbocycles. The highest BCUT2D eigenvalue weighted by Crippen LogP contribution is 2.38. The molecule has 1 aromatic carbocycles. The Morgan fingerprint density at radius 1 is 1.44 bits per heavy atom. The molecule has 0 fully saturated rings. The van der Waals surface area contributed by atoms with Crippen LogP contribution in [0.2, 0.25) is 0 Å². The second-order valence-corrected chi connectivity index (χ2v) is 5.74. The van der Waals surface area contributed by atoms with Crippen LogP contribution >= 0.6 is 0 Å². The summed E-state index contributed by atoms with van der Waals surface area (Å²) in [4.78, 5) is 13.5. The number of benzene rings is 1. The van der Waals surface area contributed by atoms with Gasteiger partial charge in [-0.2, -0.15) is 0 Å². The zero-order valence-corrected chi connectivity index (χ0v) is 11.3. The average Bonchev–Trinajstić information content (AvgIpc) is 2.25. The van der Waals surface area contributed by atoms with Crippen LogP contribution in [0.1, 0.15) is 38.1 Å². The van der Waals surface area contributed by atoms with Gasteiger partial charge in [0.25, 0.3) is 0 Å². The lowest BCUT2D eigenvalue weighted by Gasteiger charge is -2.44. The summed E-state index contributed by atoms with van der Waals surface area (Å²) in [7, 11) is 0. The van der Waals surface area contributed by atoms with Crippen molar-refractivity contribution in [2.75, 3.05) is 16.8 Å². The molecule has 0 radical (unpaired) electrons. The predicted molar refractivity (Wildman–Crippen MR) is 73.6 cm³/mol. The lowest BCUT2D eigenvalue weighted by atomic mass is 9.96. The Morgan fingerprint density at radius 3 is 2.67 bits per heavy atom. The van der Waals surface area contributed by atoms with Crippen LogP contribution in [0.4, 0.5) is 11.4 Å². The van der Waals surface area contributed by atoms with E-state index in [0.717, 1.165) is 17.9 Å². The van der Waals surface area contributed by atoms with E-state index in [9.17, 15) is 9.90 Å². The highest BCUT2D eigenvalue weighted by molar-refractivity contribution is 5.99. The summed E-state index contributed by atoms with van der Waals surface area (Å²) in [6, 6.07) is 5.66. The average molecular weight is 248 g/mol. The van der Waals surface area contributed by atoms with Gasteiger partial charge in [0.05, 0.1) is 16.9 Å². The summed E-state index contributed by atoms with van der Waals surface area (Å²) in [5, 5.41) is 12.7. The van der Waals surface area contributed by atoms with Gasteiger partial charge in [0.15, 0.2) is 0 Å². The summed E-state index contributed by atoms with van der Waals surface area (Å²) in [5.74, 6) is -0.876. The van der Waals surface area contributed by atoms with Gasteiger partial charge in [0.2, 0.25) is 0 Å². The third kappa shape index (κ3) is 2.15. The first-order valence-corrected chi connectivity index (χ1v) is 6.23. The normalized spacial score (nSPS) is 17.3. The first-order chi connectivity index (χ1) is 8.32. The molecule has 4 heteroatoms. The molecule has 2 N–H and O–H groups in total. The van der Waals surface area contributed by atoms with E-state index < -0.39 is 5.97 Å². The van der Waals surface area contributed by atoms with E-state index in [1.165, 1.54) is 0 Å². The van der Waals surface area contributed by atoms with E-state index in [1.54, 1.807) is 12.1 Å². The molecular weight excluding hydrogens is 228 g/mol. The minimum absolute atomic E-state index is 0.0611. The number of hydrogen-bond donors (Lipinski definition) is 2. The van der Waals surface area contributed by atoms with Crippen molar-refractivity contribution < 1.29 is 9.90 Å². The maximum absolute atomic E-state index is 11.3. The second-order valence-electron chi connectivity index (χ2n) is 5.74. The minimum Gasteiger partial charge on any atom is -0.478 e. The van der Waals surface area contributed by atoms with E-state index in [0.29, 0.717) is 5.56 Å². The van der Waals surface area contributed by atoms with Crippen LogP contribution < -0.4 is 10.2 Å². The number of fused-ring (bicyclic) bond motifs is 1. The number of anilines is 2. The van der Waals surface area contributed by atoms with Crippen LogP contribution in [0, 0.1) is 0 Å². The third-order valence-electron chi connectivity index (χ3n) is 3.22. The van der Waals surface area contributed by atoms with Gasteiger partial charge >= 0.3 is 5.97 Å². The third-order valence-corrected chi connectivity index (χ3v) is 3.22. The number of carboxylic acid groups (broad SMARTS) is 1. The summed E-state index contributed by atoms with van der Waals surface area (Å²) in [6.45, 7) is 9.22. The Morgan fingerprint density at radius 2 is 2.11 bits per heavy atom. The van der Waals surface area contributed by atoms with E-state index in [4.69, 9.17) is 0 Å². The smallest absolute Gasteiger partial charge is 0.337 e. The highest BCUT2D eigenvalue weighted by Gasteiger charge is 2.33. The van der Waals surface area contributed by atoms with Crippen molar-refractivity contribution >= 4 is 17.3 Å². The summed E-state index contributed by atoms with van der Waals surface area (Å²) in [5.41, 5.74) is 2.01. The van der Waals surface area contributed by atoms with Crippen molar-refractivity contribution in [2.24, 2.45) is 0 Å². The Hall–Kier alpha value is -1.71. The number of para-hydroxylation sites is 1. The van der Waals surface area contributed by atoms with E-state index >= 15 is 0 Å². The molecule has 1 aliphatic heterocycles. The standard InChI is InChI=1S/C14H20N2O2/c1-9(2)16-8-14(3,4)15-11-7-5-6-10(12(11)16)13(17)18/h5-7,9,15H,8H2,1-4H3,(H,17,18). The maximum Gasteiger partial charge on any atom is 0.337 e. The summed E-state index contributed by atoms with van der Waals surface area (Å²) < 4.78 is 0. The van der Waals surface area contributed by atoms with Crippen molar-refractivity contribution in [1.29, 1.82) is 0 Å². The molecule has 1 aliphatic rings. The molecular formula is C14H20N2O2. The Labute approximate surface area is 108 Å². The number of nitrogens with one attached hydrogen (secondary N) is 1. The molecule has 4 nitrogen and oxygen atoms in total. The van der Waals surface area contributed by atoms with E-state index in [2.05, 4.69) is 37.9 Å². The fourth-order valence-electron chi connectivity index (χ4n) is 2.48. The lowest BCUT2D eigenvalue weighted by Crippen LogP contribution is -2.51. The molecule has 2 rings (SSSR count). The zero-order chi connectivity index (χ0) is 13.5. The second kappa shape index (κ2) is 4.19. The van der Waals surface area contributed by atoms with Crippen LogP contribution in [0.25, 0.3) is 0 Å². The van der Waals surface area contributed by atoms with E-state index in [1.807, 2.05) is 6.07 Å². The fraction of sp³-hybridized carbons (Fsp3) is 0.500. The molecule has 0 atom stereocenters. The molecule has 0 aromatic heterocycles. The molecule has 0 spiro atoms. The van der Waals surface area contributed by atoms with Gasteiger partial charge in [0.1, 0.15) is 0 Å². The van der Waals surface area contributed by atoms with Crippen molar-refractivity contribution in [3.63, 3.8) is 0 Å². The number of rotatable bonds is 2. The first-order valence-electron chi connectivity index (χ1n) is 6.23. The molecule has 98 valence electrons. The minimum atomic E-state index is -0.876. The van der Waals surface area contributed by atoms with Gasteiger partial charge in [-0.1, -0.05) is 6.07 Å². The number of nitrogens with zero attached hydrogens (tertiary/aromatic N) is 1. The first kappa shape index (κ1) is 12.7. The topological polar surface area (TPSA) is 52.6 Å². The van der Waals surface area contributed by atoms with Gasteiger partial charge in [-0.05, 0) is 39.8 Å². The molecule has 0 bridgehead atoms. The van der Waals surface area contributed by atoms with Crippen molar-refractivity contribution in [3.05, 3.63) is 23.8 Å². The van der Waals surface area contributed by atoms with Crippen molar-refractivity contribution in [3.8, 4) is 0 Å². The van der Waals surface area contributed by atoms with Gasteiger partial charge in [0, 0.05) is 18.1 Å². The zero-order valence-electron chi connectivity index (χ0n) is 11.3. The molecule has 1 aromatic rings. The summed E-state index contributed by atoms with van der Waals surface area (Å²) >= 11 is 0. The Balaban J connectivity index is 2.60. The number of hydrogen-bond acceptors (Lipinski definition) is 3. The van der Waals surface area contributed by atoms with Crippen LogP contribution in [-0.4, -0.2) is 29.2 Å². The molecule has 1 heterocycles. The van der Waals surface area contributed by atoms with Crippen molar-refractivity contribution in [1.82, 2.24) is 0 Å².